The molecule has 1 aromatic rings. The average molecular weight is 499 g/mol. The zero-order valence-corrected chi connectivity index (χ0v) is 21.6. The van der Waals surface area contributed by atoms with Gasteiger partial charge in [-0.1, -0.05) is 42.5 Å². The number of carbonyl (C=O) groups excluding carboxylic acids is 3. The topological polar surface area (TPSA) is 95.9 Å². The predicted octanol–water partition coefficient (Wildman–Crippen LogP) is 3.82. The molecule has 7 heteroatoms. The smallest absolute Gasteiger partial charge is 0.309 e. The van der Waals surface area contributed by atoms with Gasteiger partial charge in [0.05, 0.1) is 24.5 Å². The number of carbonyl (C=O) groups is 3. The van der Waals surface area contributed by atoms with Crippen molar-refractivity contribution >= 4 is 17.8 Å². The van der Waals surface area contributed by atoms with Crippen LogP contribution >= 0.6 is 0 Å². The Morgan fingerprint density at radius 3 is 2.61 bits per heavy atom. The van der Waals surface area contributed by atoms with Gasteiger partial charge in [0.1, 0.15) is 6.61 Å². The highest BCUT2D eigenvalue weighted by Crippen LogP contribution is 2.24. The van der Waals surface area contributed by atoms with E-state index in [1.54, 1.807) is 17.9 Å². The fourth-order valence-electron chi connectivity index (χ4n) is 4.62. The lowest BCUT2D eigenvalue weighted by atomic mass is 9.94. The third-order valence-corrected chi connectivity index (χ3v) is 6.61. The van der Waals surface area contributed by atoms with Gasteiger partial charge in [-0.05, 0) is 57.4 Å². The van der Waals surface area contributed by atoms with E-state index in [-0.39, 0.29) is 55.4 Å². The van der Waals surface area contributed by atoms with Crippen LogP contribution in [-0.2, 0) is 25.5 Å². The highest BCUT2D eigenvalue weighted by atomic mass is 16.5. The van der Waals surface area contributed by atoms with E-state index in [1.165, 1.54) is 0 Å². The summed E-state index contributed by atoms with van der Waals surface area (Å²) in [5.41, 5.74) is 1.09. The van der Waals surface area contributed by atoms with Gasteiger partial charge in [0, 0.05) is 19.0 Å². The second kappa shape index (κ2) is 15.9. The number of rotatable bonds is 16. The van der Waals surface area contributed by atoms with Crippen molar-refractivity contribution in [2.45, 2.75) is 70.4 Å². The lowest BCUT2D eigenvalue weighted by Gasteiger charge is -2.29. The molecule has 7 nitrogen and oxygen atoms in total. The Hall–Kier alpha value is -2.93. The molecule has 1 aliphatic rings. The van der Waals surface area contributed by atoms with E-state index >= 15 is 0 Å². The number of esters is 1. The average Bonchev–Trinajstić information content (AvgIpc) is 3.35. The third-order valence-electron chi connectivity index (χ3n) is 6.61. The first-order valence-electron chi connectivity index (χ1n) is 13.0. The number of hydrogen-bond donors (Lipinski definition) is 2. The summed E-state index contributed by atoms with van der Waals surface area (Å²) in [4.78, 5) is 40.5. The number of nitrogens with zero attached hydrogens (tertiary/aromatic N) is 1. The number of allylic oxidation sites excluding steroid dienone is 2. The number of likely N-dealkylation sites (tertiary alicyclic amines) is 1. The molecule has 1 saturated heterocycles. The van der Waals surface area contributed by atoms with Crippen molar-refractivity contribution in [3.8, 4) is 0 Å². The van der Waals surface area contributed by atoms with E-state index in [0.29, 0.717) is 19.4 Å². The Morgan fingerprint density at radius 1 is 1.19 bits per heavy atom. The lowest BCUT2D eigenvalue weighted by molar-refractivity contribution is -0.152. The maximum Gasteiger partial charge on any atom is 0.309 e. The molecule has 198 valence electrons. The molecule has 0 aliphatic carbocycles. The molecule has 1 aliphatic heterocycles. The van der Waals surface area contributed by atoms with Gasteiger partial charge in [0.2, 0.25) is 11.8 Å². The minimum Gasteiger partial charge on any atom is -0.463 e. The molecule has 1 heterocycles. The largest absolute Gasteiger partial charge is 0.463 e. The Bertz CT molecular complexity index is 856. The van der Waals surface area contributed by atoms with Gasteiger partial charge >= 0.3 is 5.97 Å². The van der Waals surface area contributed by atoms with Gasteiger partial charge < -0.3 is 20.1 Å². The number of ether oxygens (including phenoxy) is 1. The summed E-state index contributed by atoms with van der Waals surface area (Å²) in [7, 11) is 0. The molecule has 0 spiro atoms. The normalized spacial score (nSPS) is 17.6. The van der Waals surface area contributed by atoms with Gasteiger partial charge in [0.25, 0.3) is 0 Å². The standard InChI is InChI=1S/C29H42N2O5/c1-4-6-8-15-25(18-23-13-9-7-10-14-23)29(35)36-21-26-16-11-17-31(26)28(34)24(12-5-2)19-27(33)30-22(3)20-32/h4-5,7,9-10,13-14,22,24-26,32H,1-2,6,8,11-12,15-21H2,3H3,(H,30,33)/t22-,24-,25+,26-/m0/s1. The number of hydrogen-bond acceptors (Lipinski definition) is 5. The number of nitrogens with one attached hydrogen (secondary N) is 1. The van der Waals surface area contributed by atoms with Crippen molar-refractivity contribution in [1.82, 2.24) is 10.2 Å². The number of amides is 2. The molecule has 0 saturated carbocycles. The first-order chi connectivity index (χ1) is 17.4. The summed E-state index contributed by atoms with van der Waals surface area (Å²) in [5.74, 6) is -1.41. The molecular weight excluding hydrogens is 456 g/mol. The second-order valence-electron chi connectivity index (χ2n) is 9.64. The molecule has 1 fully saturated rings. The Kier molecular flexibility index (Phi) is 13.0. The van der Waals surface area contributed by atoms with Gasteiger partial charge in [0.15, 0.2) is 0 Å². The van der Waals surface area contributed by atoms with E-state index < -0.39 is 5.92 Å². The summed E-state index contributed by atoms with van der Waals surface area (Å²) in [5, 5.41) is 11.9. The molecule has 1 aromatic carbocycles. The molecule has 0 aromatic heterocycles. The number of aliphatic hydroxyl groups excluding tert-OH is 1. The first-order valence-corrected chi connectivity index (χ1v) is 13.0. The quantitative estimate of drug-likeness (QED) is 0.205. The van der Waals surface area contributed by atoms with Crippen molar-refractivity contribution < 1.29 is 24.2 Å². The van der Waals surface area contributed by atoms with Crippen LogP contribution in [0.5, 0.6) is 0 Å². The zero-order chi connectivity index (χ0) is 26.3. The van der Waals surface area contributed by atoms with Crippen LogP contribution in [0.3, 0.4) is 0 Å². The molecule has 2 rings (SSSR count). The van der Waals surface area contributed by atoms with E-state index in [2.05, 4.69) is 18.5 Å². The third kappa shape index (κ3) is 9.61. The molecule has 4 atom stereocenters. The fraction of sp³-hybridized carbons (Fsp3) is 0.552. The maximum atomic E-state index is 13.3. The molecule has 0 bridgehead atoms. The van der Waals surface area contributed by atoms with Crippen molar-refractivity contribution in [2.75, 3.05) is 19.8 Å². The zero-order valence-electron chi connectivity index (χ0n) is 21.6. The Morgan fingerprint density at radius 2 is 1.94 bits per heavy atom. The highest BCUT2D eigenvalue weighted by molar-refractivity contribution is 5.86. The fourth-order valence-corrected chi connectivity index (χ4v) is 4.62. The number of unbranched alkanes of at least 4 members (excludes halogenated alkanes) is 1. The van der Waals surface area contributed by atoms with Gasteiger partial charge in [-0.15, -0.1) is 13.2 Å². The Balaban J connectivity index is 1.99. The van der Waals surface area contributed by atoms with E-state index in [4.69, 9.17) is 4.74 Å². The minimum atomic E-state index is -0.533. The summed E-state index contributed by atoms with van der Waals surface area (Å²) < 4.78 is 5.77. The Labute approximate surface area is 215 Å². The summed E-state index contributed by atoms with van der Waals surface area (Å²) >= 11 is 0. The SMILES string of the molecule is C=CCCC[C@H](Cc1ccccc1)C(=O)OC[C@@H]1CCCN1C(=O)[C@@H](CC=C)CC(=O)N[C@@H](C)CO. The summed E-state index contributed by atoms with van der Waals surface area (Å²) in [6, 6.07) is 9.35. The van der Waals surface area contributed by atoms with Crippen LogP contribution in [0.25, 0.3) is 0 Å². The van der Waals surface area contributed by atoms with E-state index in [9.17, 15) is 19.5 Å². The van der Waals surface area contributed by atoms with Gasteiger partial charge in [-0.2, -0.15) is 0 Å². The highest BCUT2D eigenvalue weighted by Gasteiger charge is 2.35. The molecule has 0 radical (unpaired) electrons. The van der Waals surface area contributed by atoms with E-state index in [1.807, 2.05) is 36.4 Å². The second-order valence-corrected chi connectivity index (χ2v) is 9.64. The molecular formula is C29H42N2O5. The van der Waals surface area contributed by atoms with Crippen LogP contribution in [0, 0.1) is 11.8 Å². The van der Waals surface area contributed by atoms with Gasteiger partial charge in [-0.3, -0.25) is 14.4 Å². The van der Waals surface area contributed by atoms with Crippen LogP contribution in [0.15, 0.2) is 55.6 Å². The van der Waals surface area contributed by atoms with Crippen molar-refractivity contribution in [3.63, 3.8) is 0 Å². The van der Waals surface area contributed by atoms with Crippen LogP contribution in [-0.4, -0.2) is 59.6 Å². The van der Waals surface area contributed by atoms with Crippen molar-refractivity contribution in [1.29, 1.82) is 0 Å². The van der Waals surface area contributed by atoms with Crippen LogP contribution < -0.4 is 5.32 Å². The van der Waals surface area contributed by atoms with Crippen LogP contribution in [0.2, 0.25) is 0 Å². The summed E-state index contributed by atoms with van der Waals surface area (Å²) in [6.45, 7) is 9.79. The first kappa shape index (κ1) is 29.3. The maximum absolute atomic E-state index is 13.3. The predicted molar refractivity (Wildman–Crippen MR) is 141 cm³/mol. The molecule has 2 N–H and O–H groups in total. The molecule has 2 amide bonds. The van der Waals surface area contributed by atoms with Crippen LogP contribution in [0.4, 0.5) is 0 Å². The molecule has 36 heavy (non-hydrogen) atoms. The summed E-state index contributed by atoms with van der Waals surface area (Å²) in [6.07, 6.45) is 8.55. The van der Waals surface area contributed by atoms with Crippen molar-refractivity contribution in [2.24, 2.45) is 11.8 Å². The number of aliphatic hydroxyl groups is 1. The van der Waals surface area contributed by atoms with E-state index in [0.717, 1.165) is 37.7 Å². The van der Waals surface area contributed by atoms with Gasteiger partial charge in [-0.25, -0.2) is 0 Å². The molecule has 0 unspecified atom stereocenters. The lowest BCUT2D eigenvalue weighted by Crippen LogP contribution is -2.44. The minimum absolute atomic E-state index is 0.0284. The monoisotopic (exact) mass is 498 g/mol. The van der Waals surface area contributed by atoms with Crippen molar-refractivity contribution in [3.05, 3.63) is 61.2 Å². The number of benzene rings is 1. The van der Waals surface area contributed by atoms with Crippen LogP contribution in [0.1, 0.15) is 57.4 Å².